The van der Waals surface area contributed by atoms with E-state index in [2.05, 4.69) is 48.5 Å². The first-order chi connectivity index (χ1) is 25.1. The van der Waals surface area contributed by atoms with Gasteiger partial charge in [0.15, 0.2) is 0 Å². The molecular formula is C46H30N2O2S. The second kappa shape index (κ2) is 12.7. The molecule has 0 aliphatic heterocycles. The van der Waals surface area contributed by atoms with E-state index in [1.807, 2.05) is 109 Å². The second-order valence-corrected chi connectivity index (χ2v) is 13.6. The molecule has 242 valence electrons. The molecule has 2 N–H and O–H groups in total. The minimum atomic E-state index is 0.223. The number of phenols is 2. The summed E-state index contributed by atoms with van der Waals surface area (Å²) in [5, 5.41) is 30.7. The molecule has 0 aliphatic rings. The Labute approximate surface area is 298 Å². The molecule has 0 bridgehead atoms. The summed E-state index contributed by atoms with van der Waals surface area (Å²) in [5.74, 6) is 0.446. The number of hydrogen-bond acceptors (Lipinski definition) is 5. The number of benzene rings is 8. The monoisotopic (exact) mass is 674 g/mol. The molecule has 0 radical (unpaired) electrons. The average Bonchev–Trinajstić information content (AvgIpc) is 3.64. The van der Waals surface area contributed by atoms with Gasteiger partial charge >= 0.3 is 0 Å². The maximum Gasteiger partial charge on any atom is 0.124 e. The number of thiophene rings is 1. The van der Waals surface area contributed by atoms with E-state index >= 15 is 0 Å². The molecule has 4 nitrogen and oxygen atoms in total. The third kappa shape index (κ3) is 5.50. The van der Waals surface area contributed by atoms with Crippen LogP contribution in [0.15, 0.2) is 168 Å². The van der Waals surface area contributed by atoms with Gasteiger partial charge < -0.3 is 10.2 Å². The first kappa shape index (κ1) is 30.5. The molecule has 5 heteroatoms. The van der Waals surface area contributed by atoms with Crippen LogP contribution < -0.4 is 0 Å². The van der Waals surface area contributed by atoms with E-state index in [1.165, 1.54) is 0 Å². The summed E-state index contributed by atoms with van der Waals surface area (Å²) in [4.78, 5) is 12.0. The van der Waals surface area contributed by atoms with Crippen molar-refractivity contribution in [1.29, 1.82) is 0 Å². The number of phenolic OH excluding ortho intramolecular Hbond substituents is 2. The number of rotatable bonds is 6. The summed E-state index contributed by atoms with van der Waals surface area (Å²) in [6.45, 7) is 0. The van der Waals surface area contributed by atoms with E-state index in [-0.39, 0.29) is 11.5 Å². The zero-order valence-electron chi connectivity index (χ0n) is 27.4. The van der Waals surface area contributed by atoms with Crippen molar-refractivity contribution >= 4 is 78.2 Å². The van der Waals surface area contributed by atoms with Crippen LogP contribution in [0.3, 0.4) is 0 Å². The van der Waals surface area contributed by atoms with Crippen LogP contribution >= 0.6 is 11.3 Å². The first-order valence-corrected chi connectivity index (χ1v) is 17.6. The average molecular weight is 675 g/mol. The van der Waals surface area contributed by atoms with Crippen LogP contribution in [-0.4, -0.2) is 22.6 Å². The minimum Gasteiger partial charge on any atom is -0.507 e. The third-order valence-corrected chi connectivity index (χ3v) is 10.4. The van der Waals surface area contributed by atoms with Crippen molar-refractivity contribution in [3.63, 3.8) is 0 Å². The van der Waals surface area contributed by atoms with Gasteiger partial charge in [0.1, 0.15) is 11.5 Å². The highest BCUT2D eigenvalue weighted by Crippen LogP contribution is 2.46. The number of aromatic hydroxyl groups is 2. The summed E-state index contributed by atoms with van der Waals surface area (Å²) in [7, 11) is 0. The van der Waals surface area contributed by atoms with Crippen molar-refractivity contribution in [3.05, 3.63) is 167 Å². The molecule has 51 heavy (non-hydrogen) atoms. The molecule has 0 saturated heterocycles. The Morgan fingerprint density at radius 2 is 0.686 bits per heavy atom. The van der Waals surface area contributed by atoms with Crippen molar-refractivity contribution in [1.82, 2.24) is 0 Å². The minimum absolute atomic E-state index is 0.223. The Morgan fingerprint density at radius 1 is 0.353 bits per heavy atom. The Morgan fingerprint density at radius 3 is 1.08 bits per heavy atom. The van der Waals surface area contributed by atoms with Crippen molar-refractivity contribution in [3.8, 4) is 33.8 Å². The van der Waals surface area contributed by atoms with Gasteiger partial charge in [-0.3, -0.25) is 9.98 Å². The van der Waals surface area contributed by atoms with Gasteiger partial charge in [-0.25, -0.2) is 0 Å². The Kier molecular flexibility index (Phi) is 7.60. The molecule has 0 aliphatic carbocycles. The normalized spacial score (nSPS) is 11.9. The number of aliphatic imine (C=N–C) groups is 2. The van der Waals surface area contributed by atoms with Gasteiger partial charge in [-0.15, -0.1) is 11.3 Å². The summed E-state index contributed by atoms with van der Waals surface area (Å²) in [5.41, 5.74) is 4.91. The highest BCUT2D eigenvalue weighted by atomic mass is 32.1. The molecule has 1 heterocycles. The molecular weight excluding hydrogens is 645 g/mol. The van der Waals surface area contributed by atoms with E-state index < -0.39 is 0 Å². The van der Waals surface area contributed by atoms with E-state index in [0.717, 1.165) is 86.5 Å². The van der Waals surface area contributed by atoms with Crippen LogP contribution in [0.25, 0.3) is 65.3 Å². The Balaban J connectivity index is 1.11. The van der Waals surface area contributed by atoms with E-state index in [9.17, 15) is 10.2 Å². The topological polar surface area (TPSA) is 65.2 Å². The van der Waals surface area contributed by atoms with E-state index in [0.29, 0.717) is 0 Å². The van der Waals surface area contributed by atoms with Crippen molar-refractivity contribution in [2.24, 2.45) is 9.98 Å². The first-order valence-electron chi connectivity index (χ1n) is 16.8. The van der Waals surface area contributed by atoms with Gasteiger partial charge in [0, 0.05) is 44.4 Å². The largest absolute Gasteiger partial charge is 0.507 e. The zero-order chi connectivity index (χ0) is 34.3. The third-order valence-electron chi connectivity index (χ3n) is 9.44. The van der Waals surface area contributed by atoms with Crippen molar-refractivity contribution < 1.29 is 10.2 Å². The predicted octanol–water partition coefficient (Wildman–Crippen LogP) is 12.6. The van der Waals surface area contributed by atoms with Crippen LogP contribution in [0.2, 0.25) is 0 Å². The molecule has 0 spiro atoms. The van der Waals surface area contributed by atoms with Crippen LogP contribution in [0.5, 0.6) is 11.5 Å². The SMILES string of the molecule is Oc1ccc2ccccc2c1-c1c(N=Cc2ccc(C=Nc3ccc4ccccc4c3-c3c(O)ccc4ccccc34)s2)ccc2ccccc12. The Hall–Kier alpha value is -6.56. The number of hydrogen-bond donors (Lipinski definition) is 2. The van der Waals surface area contributed by atoms with Gasteiger partial charge in [-0.2, -0.15) is 0 Å². The fourth-order valence-electron chi connectivity index (χ4n) is 7.08. The summed E-state index contributed by atoms with van der Waals surface area (Å²) in [6.07, 6.45) is 3.76. The summed E-state index contributed by atoms with van der Waals surface area (Å²) >= 11 is 1.60. The predicted molar refractivity (Wildman–Crippen MR) is 216 cm³/mol. The van der Waals surface area contributed by atoms with Gasteiger partial charge in [0.05, 0.1) is 11.4 Å². The van der Waals surface area contributed by atoms with Crippen molar-refractivity contribution in [2.45, 2.75) is 0 Å². The molecule has 0 unspecified atom stereocenters. The molecule has 9 rings (SSSR count). The van der Waals surface area contributed by atoms with Gasteiger partial charge in [-0.1, -0.05) is 121 Å². The zero-order valence-corrected chi connectivity index (χ0v) is 28.2. The lowest BCUT2D eigenvalue weighted by Crippen LogP contribution is -1.87. The quantitative estimate of drug-likeness (QED) is 0.172. The van der Waals surface area contributed by atoms with E-state index in [4.69, 9.17) is 9.98 Å². The van der Waals surface area contributed by atoms with Crippen LogP contribution in [0.4, 0.5) is 11.4 Å². The van der Waals surface area contributed by atoms with Gasteiger partial charge in [0.2, 0.25) is 0 Å². The fourth-order valence-corrected chi connectivity index (χ4v) is 7.83. The van der Waals surface area contributed by atoms with Crippen LogP contribution in [0, 0.1) is 0 Å². The second-order valence-electron chi connectivity index (χ2n) is 12.5. The summed E-state index contributed by atoms with van der Waals surface area (Å²) < 4.78 is 0. The van der Waals surface area contributed by atoms with Crippen molar-refractivity contribution in [2.75, 3.05) is 0 Å². The smallest absolute Gasteiger partial charge is 0.124 e. The fraction of sp³-hybridized carbons (Fsp3) is 0. The lowest BCUT2D eigenvalue weighted by atomic mass is 9.92. The van der Waals surface area contributed by atoms with Crippen LogP contribution in [0.1, 0.15) is 9.75 Å². The molecule has 1 aromatic heterocycles. The maximum atomic E-state index is 11.2. The molecule has 0 fully saturated rings. The lowest BCUT2D eigenvalue weighted by Gasteiger charge is -2.15. The van der Waals surface area contributed by atoms with E-state index in [1.54, 1.807) is 23.5 Å². The molecule has 0 amide bonds. The lowest BCUT2D eigenvalue weighted by molar-refractivity contribution is 0.477. The highest BCUT2D eigenvalue weighted by molar-refractivity contribution is 7.15. The Bertz CT molecular complexity index is 2660. The molecule has 0 saturated carbocycles. The maximum absolute atomic E-state index is 11.2. The highest BCUT2D eigenvalue weighted by Gasteiger charge is 2.18. The number of fused-ring (bicyclic) bond motifs is 4. The molecule has 0 atom stereocenters. The number of nitrogens with zero attached hydrogens (tertiary/aromatic N) is 2. The standard InChI is InChI=1S/C46H30N2O2S/c49-41-25-19-31-11-3-7-15-37(31)45(41)43-35-13-5-1-9-29(35)17-23-39(43)47-27-33-21-22-34(51-33)28-48-40-24-18-30-10-2-6-14-36(30)44(40)46-38-16-8-4-12-32(38)20-26-42(46)50/h1-28,49-50H. The summed E-state index contributed by atoms with van der Waals surface area (Å²) in [6, 6.07) is 52.4. The van der Waals surface area contributed by atoms with Gasteiger partial charge in [0.25, 0.3) is 0 Å². The molecule has 8 aromatic carbocycles. The van der Waals surface area contributed by atoms with Gasteiger partial charge in [-0.05, 0) is 79.5 Å². The molecule has 9 aromatic rings. The van der Waals surface area contributed by atoms with Crippen LogP contribution in [-0.2, 0) is 0 Å².